The number of likely N-dealkylation sites (N-methyl/N-ethyl adjacent to an activating group) is 1. The van der Waals surface area contributed by atoms with Gasteiger partial charge in [0.05, 0.1) is 18.3 Å². The van der Waals surface area contributed by atoms with Crippen LogP contribution in [0.5, 0.6) is 0 Å². The van der Waals surface area contributed by atoms with Crippen LogP contribution in [0.2, 0.25) is 0 Å². The van der Waals surface area contributed by atoms with Gasteiger partial charge in [0.25, 0.3) is 0 Å². The third-order valence-corrected chi connectivity index (χ3v) is 6.58. The highest BCUT2D eigenvalue weighted by Gasteiger charge is 2.22. The van der Waals surface area contributed by atoms with Gasteiger partial charge in [-0.1, -0.05) is 6.92 Å². The van der Waals surface area contributed by atoms with Crippen LogP contribution in [0.4, 0.5) is 0 Å². The van der Waals surface area contributed by atoms with Crippen LogP contribution in [-0.2, 0) is 4.74 Å². The summed E-state index contributed by atoms with van der Waals surface area (Å²) in [6, 6.07) is 0.372. The molecule has 1 saturated heterocycles. The van der Waals surface area contributed by atoms with Gasteiger partial charge >= 0.3 is 5.97 Å². The molecule has 8 nitrogen and oxygen atoms in total. The fraction of sp³-hybridized carbons (Fsp3) is 0.750. The third-order valence-electron chi connectivity index (χ3n) is 5.26. The second kappa shape index (κ2) is 13.4. The van der Waals surface area contributed by atoms with Crippen LogP contribution in [-0.4, -0.2) is 85.7 Å². The molecule has 30 heavy (non-hydrogen) atoms. The Bertz CT molecular complexity index is 691. The molecule has 1 aliphatic heterocycles. The van der Waals surface area contributed by atoms with Gasteiger partial charge in [0, 0.05) is 45.8 Å². The minimum Gasteiger partial charge on any atom is -0.462 e. The van der Waals surface area contributed by atoms with Crippen molar-refractivity contribution in [1.29, 1.82) is 0 Å². The van der Waals surface area contributed by atoms with E-state index in [0.29, 0.717) is 23.2 Å². The Morgan fingerprint density at radius 2 is 1.93 bits per heavy atom. The molecule has 2 rings (SSSR count). The van der Waals surface area contributed by atoms with Crippen molar-refractivity contribution in [2.24, 2.45) is 4.99 Å². The van der Waals surface area contributed by atoms with E-state index in [1.54, 1.807) is 14.0 Å². The molecule has 0 spiro atoms. The van der Waals surface area contributed by atoms with Gasteiger partial charge in [0.1, 0.15) is 9.88 Å². The molecule has 10 heteroatoms. The van der Waals surface area contributed by atoms with Crippen LogP contribution < -0.4 is 10.6 Å². The smallest absolute Gasteiger partial charge is 0.350 e. The topological polar surface area (TPSA) is 82.1 Å². The quantitative estimate of drug-likeness (QED) is 0.222. The predicted molar refractivity (Wildman–Crippen MR) is 134 cm³/mol. The number of ether oxygens (including phenoxy) is 1. The second-order valence-electron chi connectivity index (χ2n) is 7.33. The molecule has 1 fully saturated rings. The number of thiazole rings is 1. The normalized spacial score (nSPS) is 17.7. The van der Waals surface area contributed by atoms with Crippen molar-refractivity contribution in [3.8, 4) is 0 Å². The first-order chi connectivity index (χ1) is 13.9. The lowest BCUT2D eigenvalue weighted by molar-refractivity contribution is 0.0531. The Labute approximate surface area is 201 Å². The summed E-state index contributed by atoms with van der Waals surface area (Å²) < 4.78 is 5.11. The average molecular weight is 553 g/mol. The van der Waals surface area contributed by atoms with E-state index in [1.807, 2.05) is 13.8 Å². The van der Waals surface area contributed by atoms with Gasteiger partial charge in [0.2, 0.25) is 0 Å². The number of aliphatic imine (C=N–C) groups is 1. The Balaban J connectivity index is 0.00000450. The van der Waals surface area contributed by atoms with E-state index in [0.717, 1.165) is 50.2 Å². The Hall–Kier alpha value is -0.980. The number of hydrogen-bond acceptors (Lipinski definition) is 7. The molecule has 0 aliphatic carbocycles. The summed E-state index contributed by atoms with van der Waals surface area (Å²) in [7, 11) is 1.77. The van der Waals surface area contributed by atoms with Gasteiger partial charge in [-0.3, -0.25) is 9.89 Å². The number of aryl methyl sites for hydroxylation is 1. The highest BCUT2D eigenvalue weighted by atomic mass is 127. The molecule has 1 aromatic rings. The maximum Gasteiger partial charge on any atom is 0.350 e. The summed E-state index contributed by atoms with van der Waals surface area (Å²) in [5, 5.41) is 7.65. The number of carbonyl (C=O) groups excluding carboxylic acids is 1. The highest BCUT2D eigenvalue weighted by molar-refractivity contribution is 14.0. The zero-order valence-electron chi connectivity index (χ0n) is 19.0. The van der Waals surface area contributed by atoms with Gasteiger partial charge in [0.15, 0.2) is 5.96 Å². The van der Waals surface area contributed by atoms with Crippen LogP contribution >= 0.6 is 35.3 Å². The van der Waals surface area contributed by atoms with Gasteiger partial charge in [-0.05, 0) is 34.2 Å². The standard InChI is InChI=1S/C20H36N6O2S.HI/c1-7-25-9-11-26(12-10-25)14(3)13-22-20(21-6)24-16(5)18-23-15(4)17(29-18)19(27)28-8-2;/h14,16H,7-13H2,1-6H3,(H2,21,22,24);1H. The molecule has 172 valence electrons. The van der Waals surface area contributed by atoms with Crippen molar-refractivity contribution in [3.05, 3.63) is 15.6 Å². The number of nitrogens with zero attached hydrogens (tertiary/aromatic N) is 4. The lowest BCUT2D eigenvalue weighted by Gasteiger charge is -2.37. The SMILES string of the molecule is CCOC(=O)c1sc(C(C)NC(=NC)NCC(C)N2CCN(CC)CC2)nc1C.I. The summed E-state index contributed by atoms with van der Waals surface area (Å²) >= 11 is 1.37. The number of rotatable bonds is 8. The summed E-state index contributed by atoms with van der Waals surface area (Å²) in [6.07, 6.45) is 0. The van der Waals surface area contributed by atoms with E-state index in [9.17, 15) is 4.79 Å². The molecule has 0 amide bonds. The molecule has 2 N–H and O–H groups in total. The summed E-state index contributed by atoms with van der Waals surface area (Å²) in [4.78, 5) is 26.5. The third kappa shape index (κ3) is 7.61. The van der Waals surface area contributed by atoms with Crippen LogP contribution in [0.1, 0.15) is 54.1 Å². The summed E-state index contributed by atoms with van der Waals surface area (Å²) in [6.45, 7) is 16.9. The van der Waals surface area contributed by atoms with Crippen molar-refractivity contribution in [3.63, 3.8) is 0 Å². The molecule has 2 heterocycles. The van der Waals surface area contributed by atoms with Crippen LogP contribution in [0.15, 0.2) is 4.99 Å². The largest absolute Gasteiger partial charge is 0.462 e. The molecular weight excluding hydrogens is 515 g/mol. The number of aromatic nitrogens is 1. The maximum absolute atomic E-state index is 12.0. The number of esters is 1. The summed E-state index contributed by atoms with van der Waals surface area (Å²) in [5.74, 6) is 0.433. The van der Waals surface area contributed by atoms with Crippen molar-refractivity contribution in [1.82, 2.24) is 25.4 Å². The number of nitrogens with one attached hydrogen (secondary N) is 2. The van der Waals surface area contributed by atoms with E-state index >= 15 is 0 Å². The monoisotopic (exact) mass is 552 g/mol. The van der Waals surface area contributed by atoms with Crippen molar-refractivity contribution < 1.29 is 9.53 Å². The van der Waals surface area contributed by atoms with Gasteiger partial charge in [-0.15, -0.1) is 35.3 Å². The maximum atomic E-state index is 12.0. The fourth-order valence-electron chi connectivity index (χ4n) is 3.34. The molecule has 0 bridgehead atoms. The number of halogens is 1. The predicted octanol–water partition coefficient (Wildman–Crippen LogP) is 2.50. The molecule has 2 atom stereocenters. The molecule has 1 aromatic heterocycles. The fourth-order valence-corrected chi connectivity index (χ4v) is 4.31. The van der Waals surface area contributed by atoms with Crippen LogP contribution in [0.25, 0.3) is 0 Å². The lowest BCUT2D eigenvalue weighted by Crippen LogP contribution is -2.53. The number of carbonyl (C=O) groups is 1. The number of guanidine groups is 1. The highest BCUT2D eigenvalue weighted by Crippen LogP contribution is 2.24. The van der Waals surface area contributed by atoms with Crippen LogP contribution in [0, 0.1) is 6.92 Å². The molecule has 0 radical (unpaired) electrons. The van der Waals surface area contributed by atoms with E-state index in [2.05, 4.69) is 44.3 Å². The Kier molecular flexibility index (Phi) is 12.1. The van der Waals surface area contributed by atoms with E-state index in [1.165, 1.54) is 11.3 Å². The van der Waals surface area contributed by atoms with Gasteiger partial charge in [-0.2, -0.15) is 0 Å². The minimum atomic E-state index is -0.305. The van der Waals surface area contributed by atoms with E-state index in [-0.39, 0.29) is 36.0 Å². The Morgan fingerprint density at radius 3 is 2.50 bits per heavy atom. The molecular formula is C20H37IN6O2S. The zero-order valence-corrected chi connectivity index (χ0v) is 22.2. The number of hydrogen-bond donors (Lipinski definition) is 2. The van der Waals surface area contributed by atoms with Crippen molar-refractivity contribution in [2.45, 2.75) is 46.7 Å². The first-order valence-electron chi connectivity index (χ1n) is 10.5. The van der Waals surface area contributed by atoms with E-state index in [4.69, 9.17) is 4.74 Å². The minimum absolute atomic E-state index is 0. The van der Waals surface area contributed by atoms with Crippen molar-refractivity contribution >= 4 is 47.2 Å². The van der Waals surface area contributed by atoms with Crippen LogP contribution in [0.3, 0.4) is 0 Å². The first-order valence-corrected chi connectivity index (χ1v) is 11.3. The molecule has 0 aromatic carbocycles. The van der Waals surface area contributed by atoms with Gasteiger partial charge in [-0.25, -0.2) is 9.78 Å². The average Bonchev–Trinajstić information content (AvgIpc) is 3.12. The Morgan fingerprint density at radius 1 is 1.27 bits per heavy atom. The molecule has 1 aliphatic rings. The first kappa shape index (κ1) is 27.1. The van der Waals surface area contributed by atoms with E-state index < -0.39 is 0 Å². The zero-order chi connectivity index (χ0) is 21.4. The van der Waals surface area contributed by atoms with Gasteiger partial charge < -0.3 is 20.3 Å². The second-order valence-corrected chi connectivity index (χ2v) is 8.36. The number of piperazine rings is 1. The lowest BCUT2D eigenvalue weighted by atomic mass is 10.2. The molecule has 0 saturated carbocycles. The molecule has 2 unspecified atom stereocenters. The van der Waals surface area contributed by atoms with Crippen molar-refractivity contribution in [2.75, 3.05) is 52.9 Å². The summed E-state index contributed by atoms with van der Waals surface area (Å²) in [5.41, 5.74) is 0.708.